The van der Waals surface area contributed by atoms with Crippen molar-refractivity contribution in [3.63, 3.8) is 0 Å². The maximum absolute atomic E-state index is 8.54. The third-order valence-electron chi connectivity index (χ3n) is 1.84. The molecule has 0 saturated carbocycles. The lowest BCUT2D eigenvalue weighted by Crippen LogP contribution is -1.98. The van der Waals surface area contributed by atoms with Crippen LogP contribution in [0.5, 0.6) is 5.75 Å². The first kappa shape index (κ1) is 10.1. The molecule has 0 aliphatic heterocycles. The molecule has 0 aliphatic carbocycles. The van der Waals surface area contributed by atoms with Gasteiger partial charge >= 0.3 is 0 Å². The molecule has 0 amide bonds. The Morgan fingerprint density at radius 3 is 2.46 bits per heavy atom. The normalized spacial score (nSPS) is 10.0. The zero-order chi connectivity index (χ0) is 9.52. The van der Waals surface area contributed by atoms with E-state index in [0.717, 1.165) is 18.6 Å². The van der Waals surface area contributed by atoms with Gasteiger partial charge in [0.2, 0.25) is 0 Å². The van der Waals surface area contributed by atoms with Crippen LogP contribution in [-0.4, -0.2) is 18.3 Å². The number of unbranched alkanes of at least 4 members (excludes halogenated alkanes) is 1. The summed E-state index contributed by atoms with van der Waals surface area (Å²) in [6.45, 7) is 2.98. The van der Waals surface area contributed by atoms with E-state index in [2.05, 4.69) is 6.92 Å². The largest absolute Gasteiger partial charge is 0.494 e. The summed E-state index contributed by atoms with van der Waals surface area (Å²) in [6, 6.07) is 7.99. The molecule has 2 nitrogen and oxygen atoms in total. The molecule has 72 valence electrons. The second kappa shape index (κ2) is 5.60. The maximum Gasteiger partial charge on any atom is 0.119 e. The van der Waals surface area contributed by atoms with Crippen molar-refractivity contribution in [2.75, 3.05) is 13.2 Å². The van der Waals surface area contributed by atoms with E-state index in [0.29, 0.717) is 6.61 Å². The number of hydrogen-bond acceptors (Lipinski definition) is 2. The summed E-state index contributed by atoms with van der Waals surface area (Å²) in [5.41, 5.74) is 1.24. The van der Waals surface area contributed by atoms with Crippen LogP contribution < -0.4 is 4.74 Å². The van der Waals surface area contributed by atoms with E-state index in [1.807, 2.05) is 24.3 Å². The van der Waals surface area contributed by atoms with Crippen molar-refractivity contribution in [1.82, 2.24) is 0 Å². The third kappa shape index (κ3) is 3.95. The number of aliphatic hydroxyl groups is 1. The molecule has 1 aromatic rings. The van der Waals surface area contributed by atoms with Crippen LogP contribution in [-0.2, 0) is 0 Å². The predicted octanol–water partition coefficient (Wildman–Crippen LogP) is 2.15. The summed E-state index contributed by atoms with van der Waals surface area (Å²) in [6.07, 6.45) is 1.72. The van der Waals surface area contributed by atoms with Crippen molar-refractivity contribution in [3.8, 4) is 5.75 Å². The van der Waals surface area contributed by atoms with Crippen molar-refractivity contribution in [3.05, 3.63) is 29.8 Å². The Morgan fingerprint density at radius 2 is 1.85 bits per heavy atom. The number of rotatable bonds is 5. The van der Waals surface area contributed by atoms with E-state index >= 15 is 0 Å². The summed E-state index contributed by atoms with van der Waals surface area (Å²) in [7, 11) is 0. The van der Waals surface area contributed by atoms with Crippen molar-refractivity contribution < 1.29 is 9.84 Å². The van der Waals surface area contributed by atoms with Gasteiger partial charge in [0.25, 0.3) is 0 Å². The summed E-state index contributed by atoms with van der Waals surface area (Å²) in [5.74, 6) is 0.906. The van der Waals surface area contributed by atoms with Crippen LogP contribution >= 0.6 is 0 Å². The molecule has 0 aromatic heterocycles. The molecule has 0 spiro atoms. The summed E-state index contributed by atoms with van der Waals surface area (Å²) < 4.78 is 5.45. The molecule has 0 saturated heterocycles. The first-order valence-corrected chi connectivity index (χ1v) is 4.63. The Balaban J connectivity index is 2.25. The zero-order valence-corrected chi connectivity index (χ0v) is 7.99. The molecule has 0 unspecified atom stereocenters. The molecule has 0 fully saturated rings. The van der Waals surface area contributed by atoms with E-state index < -0.39 is 0 Å². The van der Waals surface area contributed by atoms with Gasteiger partial charge in [0.05, 0.1) is 6.61 Å². The predicted molar refractivity (Wildman–Crippen MR) is 53.0 cm³/mol. The van der Waals surface area contributed by atoms with Gasteiger partial charge < -0.3 is 9.84 Å². The Labute approximate surface area is 79.2 Å². The van der Waals surface area contributed by atoms with Crippen molar-refractivity contribution in [2.45, 2.75) is 19.8 Å². The highest BCUT2D eigenvalue weighted by Crippen LogP contribution is 2.11. The van der Waals surface area contributed by atoms with E-state index in [4.69, 9.17) is 9.84 Å². The molecule has 0 radical (unpaired) electrons. The smallest absolute Gasteiger partial charge is 0.119 e. The van der Waals surface area contributed by atoms with Crippen LogP contribution in [0.25, 0.3) is 0 Å². The SMILES string of the molecule is Cc1ccc(OCCCCO)cc1. The quantitative estimate of drug-likeness (QED) is 0.703. The van der Waals surface area contributed by atoms with Gasteiger partial charge in [-0.2, -0.15) is 0 Å². The second-order valence-corrected chi connectivity index (χ2v) is 3.09. The highest BCUT2D eigenvalue weighted by Gasteiger charge is 1.92. The Kier molecular flexibility index (Phi) is 4.33. The van der Waals surface area contributed by atoms with E-state index in [-0.39, 0.29) is 6.61 Å². The van der Waals surface area contributed by atoms with E-state index in [1.165, 1.54) is 5.56 Å². The third-order valence-corrected chi connectivity index (χ3v) is 1.84. The molecule has 0 heterocycles. The Hall–Kier alpha value is -1.02. The first-order chi connectivity index (χ1) is 6.33. The van der Waals surface area contributed by atoms with Crippen LogP contribution in [0.3, 0.4) is 0 Å². The number of aliphatic hydroxyl groups excluding tert-OH is 1. The minimum Gasteiger partial charge on any atom is -0.494 e. The second-order valence-electron chi connectivity index (χ2n) is 3.09. The van der Waals surface area contributed by atoms with Gasteiger partial charge in [0, 0.05) is 6.61 Å². The van der Waals surface area contributed by atoms with Gasteiger partial charge in [-0.05, 0) is 31.9 Å². The molecular weight excluding hydrogens is 164 g/mol. The van der Waals surface area contributed by atoms with Crippen molar-refractivity contribution in [2.24, 2.45) is 0 Å². The standard InChI is InChI=1S/C11H16O2/c1-10-4-6-11(7-5-10)13-9-3-2-8-12/h4-7,12H,2-3,8-9H2,1H3. The van der Waals surface area contributed by atoms with Crippen molar-refractivity contribution >= 4 is 0 Å². The molecule has 0 aliphatic rings. The van der Waals surface area contributed by atoms with Gasteiger partial charge in [0.15, 0.2) is 0 Å². The highest BCUT2D eigenvalue weighted by molar-refractivity contribution is 5.26. The number of ether oxygens (including phenoxy) is 1. The average Bonchev–Trinajstić information content (AvgIpc) is 2.15. The van der Waals surface area contributed by atoms with Gasteiger partial charge in [0.1, 0.15) is 5.75 Å². The molecule has 1 N–H and O–H groups in total. The lowest BCUT2D eigenvalue weighted by atomic mass is 10.2. The molecule has 0 atom stereocenters. The van der Waals surface area contributed by atoms with Crippen LogP contribution in [0.4, 0.5) is 0 Å². The average molecular weight is 180 g/mol. The first-order valence-electron chi connectivity index (χ1n) is 4.63. The molecular formula is C11H16O2. The lowest BCUT2D eigenvalue weighted by Gasteiger charge is -2.05. The summed E-state index contributed by atoms with van der Waals surface area (Å²) >= 11 is 0. The van der Waals surface area contributed by atoms with Gasteiger partial charge in [-0.15, -0.1) is 0 Å². The van der Waals surface area contributed by atoms with Crippen molar-refractivity contribution in [1.29, 1.82) is 0 Å². The van der Waals surface area contributed by atoms with Gasteiger partial charge in [-0.1, -0.05) is 17.7 Å². The van der Waals surface area contributed by atoms with Crippen LogP contribution in [0.1, 0.15) is 18.4 Å². The Bertz CT molecular complexity index is 228. The summed E-state index contributed by atoms with van der Waals surface area (Å²) in [5, 5.41) is 8.54. The lowest BCUT2D eigenvalue weighted by molar-refractivity contribution is 0.253. The minimum absolute atomic E-state index is 0.247. The van der Waals surface area contributed by atoms with Crippen LogP contribution in [0.15, 0.2) is 24.3 Å². The fourth-order valence-electron chi connectivity index (χ4n) is 1.04. The van der Waals surface area contributed by atoms with Crippen LogP contribution in [0, 0.1) is 6.92 Å². The van der Waals surface area contributed by atoms with Gasteiger partial charge in [-0.25, -0.2) is 0 Å². The van der Waals surface area contributed by atoms with E-state index in [1.54, 1.807) is 0 Å². The van der Waals surface area contributed by atoms with E-state index in [9.17, 15) is 0 Å². The topological polar surface area (TPSA) is 29.5 Å². The zero-order valence-electron chi connectivity index (χ0n) is 7.99. The molecule has 1 aromatic carbocycles. The number of aryl methyl sites for hydroxylation is 1. The minimum atomic E-state index is 0.247. The Morgan fingerprint density at radius 1 is 1.15 bits per heavy atom. The monoisotopic (exact) mass is 180 g/mol. The number of hydrogen-bond donors (Lipinski definition) is 1. The maximum atomic E-state index is 8.54. The number of benzene rings is 1. The fourth-order valence-corrected chi connectivity index (χ4v) is 1.04. The fraction of sp³-hybridized carbons (Fsp3) is 0.455. The summed E-state index contributed by atoms with van der Waals surface area (Å²) in [4.78, 5) is 0. The molecule has 2 heteroatoms. The molecule has 13 heavy (non-hydrogen) atoms. The van der Waals surface area contributed by atoms with Crippen LogP contribution in [0.2, 0.25) is 0 Å². The van der Waals surface area contributed by atoms with Gasteiger partial charge in [-0.3, -0.25) is 0 Å². The highest BCUT2D eigenvalue weighted by atomic mass is 16.5. The molecule has 0 bridgehead atoms. The molecule has 1 rings (SSSR count).